The molecule has 7 heteroatoms. The Kier molecular flexibility index (Phi) is 4.88. The molecule has 1 aromatic rings. The topological polar surface area (TPSA) is 89.9 Å². The lowest BCUT2D eigenvalue weighted by molar-refractivity contribution is -0.146. The molecule has 0 amide bonds. The molecule has 0 heterocycles. The smallest absolute Gasteiger partial charge is 0.309 e. The maximum atomic E-state index is 11.9. The van der Waals surface area contributed by atoms with E-state index in [1.165, 1.54) is 40.2 Å². The van der Waals surface area contributed by atoms with Crippen LogP contribution in [0.15, 0.2) is 17.0 Å². The van der Waals surface area contributed by atoms with Gasteiger partial charge in [0.1, 0.15) is 0 Å². The van der Waals surface area contributed by atoms with Gasteiger partial charge in [0.2, 0.25) is 0 Å². The Morgan fingerprint density at radius 3 is 2.05 bits per heavy atom. The molecule has 0 aromatic heterocycles. The molecule has 0 radical (unpaired) electrons. The maximum Gasteiger partial charge on any atom is 0.309 e. The molecule has 0 spiro atoms. The predicted octanol–water partition coefficient (Wildman–Crippen LogP) is 1.76. The molecule has 0 aliphatic heterocycles. The molecule has 0 aliphatic rings. The summed E-state index contributed by atoms with van der Waals surface area (Å²) in [7, 11) is -0.675. The summed E-state index contributed by atoms with van der Waals surface area (Å²) in [4.78, 5) is 11.3. The molecule has 0 saturated heterocycles. The van der Waals surface area contributed by atoms with Crippen molar-refractivity contribution in [1.29, 1.82) is 0 Å². The van der Waals surface area contributed by atoms with E-state index in [1.54, 1.807) is 0 Å². The van der Waals surface area contributed by atoms with Crippen molar-refractivity contribution in [2.24, 2.45) is 5.41 Å². The highest BCUT2D eigenvalue weighted by atomic mass is 32.2. The first-order valence-electron chi connectivity index (χ1n) is 6.21. The number of aliphatic carboxylic acids is 1. The highest BCUT2D eigenvalue weighted by Crippen LogP contribution is 2.35. The van der Waals surface area contributed by atoms with Crippen molar-refractivity contribution in [3.8, 4) is 11.5 Å². The van der Waals surface area contributed by atoms with E-state index >= 15 is 0 Å². The second-order valence-corrected chi connectivity index (χ2v) is 7.44. The number of carboxylic acid groups (broad SMARTS) is 1. The summed E-state index contributed by atoms with van der Waals surface area (Å²) >= 11 is 0. The molecule has 118 valence electrons. The zero-order valence-electron chi connectivity index (χ0n) is 12.8. The van der Waals surface area contributed by atoms with Gasteiger partial charge in [0, 0.05) is 12.3 Å². The summed E-state index contributed by atoms with van der Waals surface area (Å²) in [5.74, 6) is -0.354. The molecule has 0 atom stereocenters. The summed E-state index contributed by atoms with van der Waals surface area (Å²) in [5.41, 5.74) is -0.707. The summed E-state index contributed by atoms with van der Waals surface area (Å²) in [6.07, 6.45) is 1.14. The van der Waals surface area contributed by atoms with E-state index in [1.807, 2.05) is 0 Å². The fourth-order valence-electron chi connectivity index (χ4n) is 1.94. The van der Waals surface area contributed by atoms with Crippen LogP contribution in [0.25, 0.3) is 0 Å². The first-order valence-corrected chi connectivity index (χ1v) is 8.10. The summed E-state index contributed by atoms with van der Waals surface area (Å²) < 4.78 is 34.1. The lowest BCUT2D eigenvalue weighted by Gasteiger charge is -2.21. The van der Waals surface area contributed by atoms with Gasteiger partial charge in [-0.15, -0.1) is 0 Å². The first kappa shape index (κ1) is 17.3. The minimum absolute atomic E-state index is 0.0504. The summed E-state index contributed by atoms with van der Waals surface area (Å²) in [5, 5.41) is 9.22. The van der Waals surface area contributed by atoms with Crippen LogP contribution in [0.5, 0.6) is 11.5 Å². The second-order valence-electron chi connectivity index (χ2n) is 5.45. The third-order valence-corrected chi connectivity index (χ3v) is 4.36. The summed E-state index contributed by atoms with van der Waals surface area (Å²) in [6.45, 7) is 3.08. The Morgan fingerprint density at radius 1 is 1.19 bits per heavy atom. The molecule has 0 saturated carbocycles. The Bertz CT molecular complexity index is 646. The SMILES string of the molecule is COc1cc(CC(C)(C)C(=O)O)c(S(C)(=O)=O)cc1OC. The standard InChI is InChI=1S/C14H20O6S/c1-14(2,13(15)16)8-9-6-10(19-3)11(20-4)7-12(9)21(5,17)18/h6-7H,8H2,1-5H3,(H,15,16). The van der Waals surface area contributed by atoms with Crippen LogP contribution in [0.1, 0.15) is 19.4 Å². The van der Waals surface area contributed by atoms with Gasteiger partial charge in [0.05, 0.1) is 24.5 Å². The van der Waals surface area contributed by atoms with Gasteiger partial charge >= 0.3 is 5.97 Å². The fraction of sp³-hybridized carbons (Fsp3) is 0.500. The van der Waals surface area contributed by atoms with Gasteiger partial charge in [-0.2, -0.15) is 0 Å². The molecule has 1 aromatic carbocycles. The van der Waals surface area contributed by atoms with Crippen LogP contribution in [0.4, 0.5) is 0 Å². The van der Waals surface area contributed by atoms with Gasteiger partial charge in [0.15, 0.2) is 21.3 Å². The van der Waals surface area contributed by atoms with Crippen LogP contribution in [-0.2, 0) is 21.1 Å². The molecule has 0 unspecified atom stereocenters. The van der Waals surface area contributed by atoms with Gasteiger partial charge in [-0.1, -0.05) is 0 Å². The van der Waals surface area contributed by atoms with Crippen LogP contribution in [0.3, 0.4) is 0 Å². The minimum Gasteiger partial charge on any atom is -0.493 e. The third-order valence-electron chi connectivity index (χ3n) is 3.18. The zero-order valence-corrected chi connectivity index (χ0v) is 13.6. The Hall–Kier alpha value is -1.76. The van der Waals surface area contributed by atoms with Gasteiger partial charge in [-0.05, 0) is 31.9 Å². The molecule has 21 heavy (non-hydrogen) atoms. The average molecular weight is 316 g/mol. The van der Waals surface area contributed by atoms with Crippen LogP contribution in [0.2, 0.25) is 0 Å². The molecular weight excluding hydrogens is 296 g/mol. The van der Waals surface area contributed by atoms with Gasteiger partial charge in [-0.3, -0.25) is 4.79 Å². The molecule has 0 aliphatic carbocycles. The van der Waals surface area contributed by atoms with Crippen molar-refractivity contribution in [3.05, 3.63) is 17.7 Å². The van der Waals surface area contributed by atoms with Crippen molar-refractivity contribution in [2.75, 3.05) is 20.5 Å². The lowest BCUT2D eigenvalue weighted by Crippen LogP contribution is -2.27. The minimum atomic E-state index is -3.52. The molecular formula is C14H20O6S. The molecule has 0 fully saturated rings. The van der Waals surface area contributed by atoms with E-state index in [-0.39, 0.29) is 17.1 Å². The van der Waals surface area contributed by atoms with Crippen molar-refractivity contribution < 1.29 is 27.8 Å². The van der Waals surface area contributed by atoms with Crippen molar-refractivity contribution >= 4 is 15.8 Å². The van der Waals surface area contributed by atoms with Gasteiger partial charge in [0.25, 0.3) is 0 Å². The largest absolute Gasteiger partial charge is 0.493 e. The van der Waals surface area contributed by atoms with E-state index in [2.05, 4.69) is 0 Å². The molecule has 1 rings (SSSR count). The Morgan fingerprint density at radius 2 is 1.67 bits per heavy atom. The van der Waals surface area contributed by atoms with Crippen molar-refractivity contribution in [1.82, 2.24) is 0 Å². The van der Waals surface area contributed by atoms with E-state index in [9.17, 15) is 18.3 Å². The van der Waals surface area contributed by atoms with E-state index in [0.29, 0.717) is 11.3 Å². The number of benzene rings is 1. The number of carbonyl (C=O) groups is 1. The molecule has 6 nitrogen and oxygen atoms in total. The van der Waals surface area contributed by atoms with Crippen LogP contribution in [-0.4, -0.2) is 40.0 Å². The number of ether oxygens (including phenoxy) is 2. The number of methoxy groups -OCH3 is 2. The van der Waals surface area contributed by atoms with Gasteiger partial charge < -0.3 is 14.6 Å². The van der Waals surface area contributed by atoms with E-state index in [0.717, 1.165) is 6.26 Å². The van der Waals surface area contributed by atoms with Crippen LogP contribution < -0.4 is 9.47 Å². The van der Waals surface area contributed by atoms with E-state index in [4.69, 9.17) is 9.47 Å². The number of carboxylic acids is 1. The average Bonchev–Trinajstić information content (AvgIpc) is 2.36. The van der Waals surface area contributed by atoms with Crippen LogP contribution >= 0.6 is 0 Å². The number of hydrogen-bond donors (Lipinski definition) is 1. The van der Waals surface area contributed by atoms with E-state index < -0.39 is 21.2 Å². The molecule has 0 bridgehead atoms. The molecule has 1 N–H and O–H groups in total. The predicted molar refractivity (Wildman–Crippen MR) is 77.8 cm³/mol. The number of sulfone groups is 1. The summed E-state index contributed by atoms with van der Waals surface area (Å²) in [6, 6.07) is 2.88. The zero-order chi connectivity index (χ0) is 16.4. The highest BCUT2D eigenvalue weighted by molar-refractivity contribution is 7.90. The lowest BCUT2D eigenvalue weighted by atomic mass is 9.86. The second kappa shape index (κ2) is 5.93. The first-order chi connectivity index (χ1) is 9.52. The third kappa shape index (κ3) is 3.87. The maximum absolute atomic E-state index is 11.9. The number of rotatable bonds is 6. The fourth-order valence-corrected chi connectivity index (χ4v) is 2.87. The van der Waals surface area contributed by atoms with Crippen molar-refractivity contribution in [2.45, 2.75) is 25.2 Å². The monoisotopic (exact) mass is 316 g/mol. The Labute approximate surface area is 124 Å². The van der Waals surface area contributed by atoms with Gasteiger partial charge in [-0.25, -0.2) is 8.42 Å². The normalized spacial score (nSPS) is 12.0. The van der Waals surface area contributed by atoms with Crippen LogP contribution in [0, 0.1) is 5.41 Å². The van der Waals surface area contributed by atoms with Crippen molar-refractivity contribution in [3.63, 3.8) is 0 Å². The number of hydrogen-bond acceptors (Lipinski definition) is 5. The Balaban J connectivity index is 3.52. The quantitative estimate of drug-likeness (QED) is 0.860. The highest BCUT2D eigenvalue weighted by Gasteiger charge is 2.30.